The number of sulfonamides is 1. The van der Waals surface area contributed by atoms with Gasteiger partial charge in [0.15, 0.2) is 0 Å². The Balaban J connectivity index is 1.65. The highest BCUT2D eigenvalue weighted by Gasteiger charge is 2.33. The molecule has 1 fully saturated rings. The van der Waals surface area contributed by atoms with Crippen LogP contribution in [0.4, 0.5) is 5.69 Å². The first-order valence-corrected chi connectivity index (χ1v) is 9.99. The maximum absolute atomic E-state index is 12.8. The standard InChI is InChI=1S/C18H21N3O5S/c1-20-12-15(11-16(20)18(23)24)27(25,26)21-9-7-13(8-10-21)17(22)19-14-5-3-2-4-6-14/h2-6,11-13H,7-10H2,1H3,(H,19,22)(H,23,24). The number of carboxylic acid groups (broad SMARTS) is 1. The number of amides is 1. The van der Waals surface area contributed by atoms with Gasteiger partial charge in [0.05, 0.1) is 0 Å². The van der Waals surface area contributed by atoms with Crippen molar-refractivity contribution in [2.75, 3.05) is 18.4 Å². The molecular weight excluding hydrogens is 370 g/mol. The first-order chi connectivity index (χ1) is 12.8. The lowest BCUT2D eigenvalue weighted by atomic mass is 9.97. The summed E-state index contributed by atoms with van der Waals surface area (Å²) in [5.74, 6) is -1.57. The number of carbonyl (C=O) groups is 2. The van der Waals surface area contributed by atoms with Crippen LogP contribution in [0.3, 0.4) is 0 Å². The molecule has 27 heavy (non-hydrogen) atoms. The van der Waals surface area contributed by atoms with Gasteiger partial charge in [-0.05, 0) is 31.0 Å². The van der Waals surface area contributed by atoms with Crippen molar-refractivity contribution in [3.63, 3.8) is 0 Å². The molecule has 2 heterocycles. The van der Waals surface area contributed by atoms with E-state index in [4.69, 9.17) is 5.11 Å². The summed E-state index contributed by atoms with van der Waals surface area (Å²) in [4.78, 5) is 23.5. The molecule has 0 aliphatic carbocycles. The molecule has 1 aromatic heterocycles. The van der Waals surface area contributed by atoms with Crippen molar-refractivity contribution in [3.8, 4) is 0 Å². The maximum Gasteiger partial charge on any atom is 0.352 e. The number of hydrogen-bond donors (Lipinski definition) is 2. The lowest BCUT2D eigenvalue weighted by molar-refractivity contribution is -0.120. The number of aromatic nitrogens is 1. The molecule has 144 valence electrons. The molecule has 0 spiro atoms. The van der Waals surface area contributed by atoms with Crippen LogP contribution in [0.25, 0.3) is 0 Å². The number of aromatic carboxylic acids is 1. The lowest BCUT2D eigenvalue weighted by Gasteiger charge is -2.30. The number of hydrogen-bond acceptors (Lipinski definition) is 4. The van der Waals surface area contributed by atoms with Crippen LogP contribution in [0, 0.1) is 5.92 Å². The number of para-hydroxylation sites is 1. The second-order valence-electron chi connectivity index (χ2n) is 6.51. The highest BCUT2D eigenvalue weighted by atomic mass is 32.2. The van der Waals surface area contributed by atoms with E-state index < -0.39 is 16.0 Å². The Hall–Kier alpha value is -2.65. The minimum Gasteiger partial charge on any atom is -0.477 e. The van der Waals surface area contributed by atoms with E-state index in [2.05, 4.69) is 5.32 Å². The van der Waals surface area contributed by atoms with Crippen molar-refractivity contribution in [2.24, 2.45) is 13.0 Å². The topological polar surface area (TPSA) is 109 Å². The monoisotopic (exact) mass is 391 g/mol. The van der Waals surface area contributed by atoms with E-state index in [9.17, 15) is 18.0 Å². The third-order valence-corrected chi connectivity index (χ3v) is 6.57. The van der Waals surface area contributed by atoms with Crippen molar-refractivity contribution in [2.45, 2.75) is 17.7 Å². The molecule has 1 aromatic carbocycles. The molecule has 0 bridgehead atoms. The Kier molecular flexibility index (Phi) is 5.33. The van der Waals surface area contributed by atoms with Crippen LogP contribution in [0.5, 0.6) is 0 Å². The number of piperidine rings is 1. The number of aryl methyl sites for hydroxylation is 1. The maximum atomic E-state index is 12.8. The zero-order chi connectivity index (χ0) is 19.6. The number of carboxylic acids is 1. The molecule has 0 radical (unpaired) electrons. The molecule has 0 atom stereocenters. The second kappa shape index (κ2) is 7.53. The SMILES string of the molecule is Cn1cc(S(=O)(=O)N2CCC(C(=O)Nc3ccccc3)CC2)cc1C(=O)O. The van der Waals surface area contributed by atoms with Crippen LogP contribution in [-0.2, 0) is 21.9 Å². The van der Waals surface area contributed by atoms with Gasteiger partial charge >= 0.3 is 5.97 Å². The summed E-state index contributed by atoms with van der Waals surface area (Å²) in [7, 11) is -2.30. The summed E-state index contributed by atoms with van der Waals surface area (Å²) in [5, 5.41) is 11.9. The Labute approximate surface area is 157 Å². The molecule has 0 unspecified atom stereocenters. The largest absolute Gasteiger partial charge is 0.477 e. The molecule has 1 aliphatic rings. The summed E-state index contributed by atoms with van der Waals surface area (Å²) in [6, 6.07) is 10.3. The molecule has 2 aromatic rings. The number of anilines is 1. The van der Waals surface area contributed by atoms with E-state index in [1.54, 1.807) is 12.1 Å². The minimum absolute atomic E-state index is 0.0467. The fourth-order valence-electron chi connectivity index (χ4n) is 3.16. The van der Waals surface area contributed by atoms with E-state index in [-0.39, 0.29) is 35.5 Å². The average Bonchev–Trinajstić information content (AvgIpc) is 3.05. The zero-order valence-electron chi connectivity index (χ0n) is 14.8. The van der Waals surface area contributed by atoms with Gasteiger partial charge in [0.2, 0.25) is 15.9 Å². The first kappa shape index (κ1) is 19.1. The summed E-state index contributed by atoms with van der Waals surface area (Å²) in [5.41, 5.74) is 0.619. The van der Waals surface area contributed by atoms with Crippen molar-refractivity contribution < 1.29 is 23.1 Å². The predicted molar refractivity (Wildman–Crippen MR) is 98.9 cm³/mol. The normalized spacial score (nSPS) is 16.2. The number of nitrogens with one attached hydrogen (secondary N) is 1. The van der Waals surface area contributed by atoms with Gasteiger partial charge in [-0.1, -0.05) is 18.2 Å². The van der Waals surface area contributed by atoms with E-state index in [1.165, 1.54) is 22.1 Å². The summed E-state index contributed by atoms with van der Waals surface area (Å²) >= 11 is 0. The molecule has 0 saturated carbocycles. The third kappa shape index (κ3) is 4.04. The number of rotatable bonds is 5. The van der Waals surface area contributed by atoms with E-state index >= 15 is 0 Å². The molecule has 9 heteroatoms. The summed E-state index contributed by atoms with van der Waals surface area (Å²) in [6.07, 6.45) is 2.13. The van der Waals surface area contributed by atoms with E-state index in [1.807, 2.05) is 18.2 Å². The zero-order valence-corrected chi connectivity index (χ0v) is 15.6. The van der Waals surface area contributed by atoms with Gasteiger partial charge in [-0.25, -0.2) is 13.2 Å². The fourth-order valence-corrected chi connectivity index (χ4v) is 4.70. The van der Waals surface area contributed by atoms with Crippen molar-refractivity contribution in [1.82, 2.24) is 8.87 Å². The van der Waals surface area contributed by atoms with Gasteiger partial charge in [-0.3, -0.25) is 4.79 Å². The van der Waals surface area contributed by atoms with Crippen LogP contribution >= 0.6 is 0 Å². The summed E-state index contributed by atoms with van der Waals surface area (Å²) in [6.45, 7) is 0.430. The molecule has 2 N–H and O–H groups in total. The van der Waals surface area contributed by atoms with Gasteiger partial charge < -0.3 is 15.0 Å². The van der Waals surface area contributed by atoms with Gasteiger partial charge in [-0.2, -0.15) is 4.31 Å². The third-order valence-electron chi connectivity index (χ3n) is 4.70. The highest BCUT2D eigenvalue weighted by molar-refractivity contribution is 7.89. The van der Waals surface area contributed by atoms with Crippen LogP contribution < -0.4 is 5.32 Å². The molecule has 1 saturated heterocycles. The Morgan fingerprint density at radius 2 is 1.78 bits per heavy atom. The van der Waals surface area contributed by atoms with E-state index in [0.29, 0.717) is 18.5 Å². The van der Waals surface area contributed by atoms with Gasteiger partial charge in [0.25, 0.3) is 0 Å². The fraction of sp³-hybridized carbons (Fsp3) is 0.333. The molecule has 1 amide bonds. The Morgan fingerprint density at radius 1 is 1.15 bits per heavy atom. The smallest absolute Gasteiger partial charge is 0.352 e. The van der Waals surface area contributed by atoms with Gasteiger partial charge in [-0.15, -0.1) is 0 Å². The van der Waals surface area contributed by atoms with Crippen molar-refractivity contribution in [1.29, 1.82) is 0 Å². The number of nitrogens with zero attached hydrogens (tertiary/aromatic N) is 2. The molecule has 1 aliphatic heterocycles. The van der Waals surface area contributed by atoms with Crippen LogP contribution in [0.15, 0.2) is 47.5 Å². The molecule has 8 nitrogen and oxygen atoms in total. The second-order valence-corrected chi connectivity index (χ2v) is 8.45. The number of benzene rings is 1. The lowest BCUT2D eigenvalue weighted by Crippen LogP contribution is -2.41. The van der Waals surface area contributed by atoms with E-state index in [0.717, 1.165) is 6.07 Å². The Bertz CT molecular complexity index is 945. The predicted octanol–water partition coefficient (Wildman–Crippen LogP) is 1.76. The summed E-state index contributed by atoms with van der Waals surface area (Å²) < 4.78 is 28.1. The molecule has 3 rings (SSSR count). The first-order valence-electron chi connectivity index (χ1n) is 8.55. The van der Waals surface area contributed by atoms with Crippen LogP contribution in [0.2, 0.25) is 0 Å². The van der Waals surface area contributed by atoms with Crippen LogP contribution in [-0.4, -0.2) is 47.4 Å². The number of carbonyl (C=O) groups excluding carboxylic acids is 1. The highest BCUT2D eigenvalue weighted by Crippen LogP contribution is 2.26. The minimum atomic E-state index is -3.79. The van der Waals surface area contributed by atoms with Crippen molar-refractivity contribution in [3.05, 3.63) is 48.3 Å². The Morgan fingerprint density at radius 3 is 2.33 bits per heavy atom. The van der Waals surface area contributed by atoms with Gasteiger partial charge in [0.1, 0.15) is 10.6 Å². The van der Waals surface area contributed by atoms with Crippen LogP contribution in [0.1, 0.15) is 23.3 Å². The quantitative estimate of drug-likeness (QED) is 0.807. The molecular formula is C18H21N3O5S. The van der Waals surface area contributed by atoms with Crippen molar-refractivity contribution >= 4 is 27.6 Å². The van der Waals surface area contributed by atoms with Gasteiger partial charge in [0, 0.05) is 37.9 Å². The average molecular weight is 391 g/mol.